The van der Waals surface area contributed by atoms with Crippen molar-refractivity contribution in [3.8, 4) is 0 Å². The van der Waals surface area contributed by atoms with Crippen LogP contribution in [0.25, 0.3) is 0 Å². The standard InChI is InChI=1S/C46H52N3O10PS/c1-43(2,32-54-46(34-20-12-7-13-21-34,35-22-14-8-15-23-35)36-24-16-9-17-25-36)41(51)61-29-28-55-60(53,47-30-33-18-10-6-11-19-33)56-31-37-39-45(5,59-44(3,4)58-39)40(57-37)49-27-26-38(50)48-42(49)52/h6-27,37,39-40H,28-32H2,1-5H3,(H,47,53)(H,48,50,52)/t37-,39-,40-,45-,60?/m1/s1. The number of fused-ring (bicyclic) bond motifs is 1. The molecule has 61 heavy (non-hydrogen) atoms. The Hall–Kier alpha value is -4.47. The van der Waals surface area contributed by atoms with Crippen LogP contribution in [0.5, 0.6) is 0 Å². The number of nitrogens with zero attached hydrogens (tertiary/aromatic N) is 1. The molecular formula is C46H52N3O10PS. The topological polar surface area (TPSA) is 156 Å². The highest BCUT2D eigenvalue weighted by molar-refractivity contribution is 8.13. The van der Waals surface area contributed by atoms with Gasteiger partial charge in [-0.3, -0.25) is 28.2 Å². The molecule has 2 fully saturated rings. The van der Waals surface area contributed by atoms with E-state index in [4.69, 9.17) is 28.0 Å². The van der Waals surface area contributed by atoms with Crippen molar-refractivity contribution in [2.75, 3.05) is 25.6 Å². The second-order valence-corrected chi connectivity index (χ2v) is 19.2. The maximum atomic E-state index is 14.5. The van der Waals surface area contributed by atoms with Gasteiger partial charge in [0, 0.05) is 24.6 Å². The molecule has 7 rings (SSSR count). The lowest BCUT2D eigenvalue weighted by molar-refractivity contribution is -0.217. The Kier molecular flexibility index (Phi) is 13.5. The lowest BCUT2D eigenvalue weighted by Gasteiger charge is -2.38. The van der Waals surface area contributed by atoms with Crippen LogP contribution in [0.4, 0.5) is 0 Å². The maximum Gasteiger partial charge on any atom is 0.405 e. The van der Waals surface area contributed by atoms with Gasteiger partial charge in [-0.1, -0.05) is 133 Å². The number of ether oxygens (including phenoxy) is 4. The van der Waals surface area contributed by atoms with E-state index < -0.39 is 59.8 Å². The van der Waals surface area contributed by atoms with E-state index in [0.717, 1.165) is 34.0 Å². The normalized spacial score (nSPS) is 22.1. The first kappa shape index (κ1) is 44.6. The summed E-state index contributed by atoms with van der Waals surface area (Å²) in [6, 6.07) is 40.5. The molecule has 4 aromatic carbocycles. The van der Waals surface area contributed by atoms with Crippen molar-refractivity contribution >= 4 is 24.6 Å². The van der Waals surface area contributed by atoms with E-state index in [9.17, 15) is 18.9 Å². The van der Waals surface area contributed by atoms with Crippen LogP contribution in [0, 0.1) is 5.41 Å². The molecule has 2 aliphatic rings. The molecule has 3 heterocycles. The number of hydrogen-bond donors (Lipinski definition) is 2. The first-order chi connectivity index (χ1) is 29.1. The minimum Gasteiger partial charge on any atom is -0.360 e. The lowest BCUT2D eigenvalue weighted by Crippen LogP contribution is -2.45. The summed E-state index contributed by atoms with van der Waals surface area (Å²) in [6.07, 6.45) is -1.29. The number of carbonyl (C=O) groups is 1. The third-order valence-corrected chi connectivity index (χ3v) is 13.5. The van der Waals surface area contributed by atoms with Crippen molar-refractivity contribution in [3.05, 3.63) is 177 Å². The van der Waals surface area contributed by atoms with Crippen LogP contribution in [0.1, 0.15) is 63.1 Å². The molecule has 2 saturated heterocycles. The summed E-state index contributed by atoms with van der Waals surface area (Å²) in [4.78, 5) is 40.9. The van der Waals surface area contributed by atoms with E-state index in [1.165, 1.54) is 16.8 Å². The number of carbonyl (C=O) groups excluding carboxylic acids is 1. The van der Waals surface area contributed by atoms with Gasteiger partial charge in [0.05, 0.1) is 25.2 Å². The molecule has 13 nitrogen and oxygen atoms in total. The second kappa shape index (κ2) is 18.5. The van der Waals surface area contributed by atoms with Gasteiger partial charge in [0.15, 0.2) is 17.1 Å². The lowest BCUT2D eigenvalue weighted by atomic mass is 9.79. The van der Waals surface area contributed by atoms with Gasteiger partial charge in [-0.15, -0.1) is 0 Å². The van der Waals surface area contributed by atoms with Crippen LogP contribution in [-0.4, -0.2) is 63.8 Å². The number of aromatic amines is 1. The summed E-state index contributed by atoms with van der Waals surface area (Å²) in [7, 11) is -4.07. The monoisotopic (exact) mass is 869 g/mol. The molecule has 0 saturated carbocycles. The van der Waals surface area contributed by atoms with E-state index in [0.29, 0.717) is 0 Å². The summed E-state index contributed by atoms with van der Waals surface area (Å²) in [6.45, 7) is 8.84. The number of H-pyrrole nitrogens is 1. The predicted molar refractivity (Wildman–Crippen MR) is 233 cm³/mol. The molecule has 15 heteroatoms. The average molecular weight is 870 g/mol. The van der Waals surface area contributed by atoms with Crippen molar-refractivity contribution in [1.82, 2.24) is 14.6 Å². The Bertz CT molecular complexity index is 2320. The number of rotatable bonds is 18. The zero-order chi connectivity index (χ0) is 43.3. The Balaban J connectivity index is 1.03. The SMILES string of the molecule is CC1(C)O[C@@H]2[C@@H](COP(=O)(NCc3ccccc3)OCCSC(=O)C(C)(C)COC(c3ccccc3)(c3ccccc3)c3ccccc3)O[C@@H](n3ccc(=O)[nH]c3=O)[C@]2(C)O1. The second-order valence-electron chi connectivity index (χ2n) is 16.3. The molecular weight excluding hydrogens is 818 g/mol. The smallest absolute Gasteiger partial charge is 0.360 e. The molecule has 322 valence electrons. The third-order valence-electron chi connectivity index (χ3n) is 10.7. The fourth-order valence-corrected chi connectivity index (χ4v) is 10.0. The van der Waals surface area contributed by atoms with Gasteiger partial charge in [0.1, 0.15) is 23.4 Å². The molecule has 1 aromatic heterocycles. The summed E-state index contributed by atoms with van der Waals surface area (Å²) in [5, 5.41) is 2.83. The highest BCUT2D eigenvalue weighted by Gasteiger charge is 2.64. The fraction of sp³-hybridized carbons (Fsp3) is 0.370. The number of thioether (sulfide) groups is 1. The van der Waals surface area contributed by atoms with Gasteiger partial charge >= 0.3 is 13.4 Å². The first-order valence-electron chi connectivity index (χ1n) is 20.2. The highest BCUT2D eigenvalue weighted by atomic mass is 32.2. The van der Waals surface area contributed by atoms with E-state index in [1.54, 1.807) is 20.8 Å². The number of benzene rings is 4. The minimum atomic E-state index is -4.07. The molecule has 0 aliphatic carbocycles. The van der Waals surface area contributed by atoms with Crippen LogP contribution in [-0.2, 0) is 49.5 Å². The van der Waals surface area contributed by atoms with Crippen LogP contribution in [0.15, 0.2) is 143 Å². The van der Waals surface area contributed by atoms with Crippen molar-refractivity contribution < 1.29 is 37.4 Å². The van der Waals surface area contributed by atoms with Gasteiger partial charge in [0.25, 0.3) is 5.56 Å². The van der Waals surface area contributed by atoms with Gasteiger partial charge in [-0.25, -0.2) is 14.4 Å². The zero-order valence-electron chi connectivity index (χ0n) is 34.9. The molecule has 5 atom stereocenters. The number of nitrogens with one attached hydrogen (secondary N) is 2. The summed E-state index contributed by atoms with van der Waals surface area (Å²) < 4.78 is 53.6. The maximum absolute atomic E-state index is 14.5. The van der Waals surface area contributed by atoms with E-state index >= 15 is 0 Å². The minimum absolute atomic E-state index is 0.0921. The van der Waals surface area contributed by atoms with E-state index in [-0.39, 0.29) is 37.2 Å². The van der Waals surface area contributed by atoms with Gasteiger partial charge in [-0.2, -0.15) is 0 Å². The van der Waals surface area contributed by atoms with Crippen LogP contribution in [0.2, 0.25) is 0 Å². The molecule has 0 amide bonds. The van der Waals surface area contributed by atoms with Crippen molar-refractivity contribution in [2.45, 2.75) is 76.6 Å². The predicted octanol–water partition coefficient (Wildman–Crippen LogP) is 7.57. The Morgan fingerprint density at radius 3 is 1.95 bits per heavy atom. The Labute approximate surface area is 359 Å². The van der Waals surface area contributed by atoms with Crippen LogP contribution in [0.3, 0.4) is 0 Å². The molecule has 2 aliphatic heterocycles. The summed E-state index contributed by atoms with van der Waals surface area (Å²) in [5.74, 6) is -0.876. The van der Waals surface area contributed by atoms with Crippen LogP contribution < -0.4 is 16.3 Å². The van der Waals surface area contributed by atoms with Crippen molar-refractivity contribution in [3.63, 3.8) is 0 Å². The summed E-state index contributed by atoms with van der Waals surface area (Å²) in [5.41, 5.74) is -0.720. The van der Waals surface area contributed by atoms with Crippen molar-refractivity contribution in [1.29, 1.82) is 0 Å². The van der Waals surface area contributed by atoms with E-state index in [1.807, 2.05) is 135 Å². The number of aromatic nitrogens is 2. The Morgan fingerprint density at radius 1 is 0.836 bits per heavy atom. The molecule has 0 spiro atoms. The molecule has 5 aromatic rings. The fourth-order valence-electron chi connectivity index (χ4n) is 7.81. The number of hydrogen-bond acceptors (Lipinski definition) is 11. The highest BCUT2D eigenvalue weighted by Crippen LogP contribution is 2.52. The zero-order valence-corrected chi connectivity index (χ0v) is 36.6. The average Bonchev–Trinajstić information content (AvgIpc) is 3.66. The van der Waals surface area contributed by atoms with Crippen molar-refractivity contribution in [2.24, 2.45) is 5.41 Å². The Morgan fingerprint density at radius 2 is 1.39 bits per heavy atom. The largest absolute Gasteiger partial charge is 0.405 e. The molecule has 0 bridgehead atoms. The van der Waals surface area contributed by atoms with Gasteiger partial charge in [-0.05, 0) is 56.9 Å². The summed E-state index contributed by atoms with van der Waals surface area (Å²) >= 11 is 1.06. The third kappa shape index (κ3) is 9.94. The van der Waals surface area contributed by atoms with Crippen LogP contribution >= 0.6 is 19.5 Å². The molecule has 1 unspecified atom stereocenters. The van der Waals surface area contributed by atoms with Gasteiger partial charge in [0.2, 0.25) is 0 Å². The van der Waals surface area contributed by atoms with E-state index in [2.05, 4.69) is 10.1 Å². The molecule has 2 N–H and O–H groups in total. The first-order valence-corrected chi connectivity index (χ1v) is 22.7. The van der Waals surface area contributed by atoms with Gasteiger partial charge < -0.3 is 18.9 Å². The quantitative estimate of drug-likeness (QED) is 0.0507. The molecule has 0 radical (unpaired) electrons.